The average Bonchev–Trinajstić information content (AvgIpc) is 3.08. The quantitative estimate of drug-likeness (QED) is 0.176. The van der Waals surface area contributed by atoms with E-state index in [0.29, 0.717) is 39.1 Å². The second-order valence-corrected chi connectivity index (χ2v) is 13.7. The molecule has 1 fully saturated rings. The molecule has 246 valence electrons. The number of esters is 1. The summed E-state index contributed by atoms with van der Waals surface area (Å²) in [7, 11) is -0.782. The smallest absolute Gasteiger partial charge is 0.305 e. The van der Waals surface area contributed by atoms with Gasteiger partial charge in [0.15, 0.2) is 0 Å². The minimum Gasteiger partial charge on any atom is -0.469 e. The van der Waals surface area contributed by atoms with Crippen LogP contribution in [-0.2, 0) is 40.9 Å². The van der Waals surface area contributed by atoms with E-state index in [9.17, 15) is 18.0 Å². The minimum absolute atomic E-state index is 0.121. The third-order valence-electron chi connectivity index (χ3n) is 8.91. The Balaban J connectivity index is 1.27. The van der Waals surface area contributed by atoms with E-state index in [1.165, 1.54) is 19.2 Å². The molecule has 1 amide bonds. The molecule has 5 rings (SSSR count). The molecule has 0 spiro atoms. The van der Waals surface area contributed by atoms with Crippen LogP contribution in [0.25, 0.3) is 0 Å². The van der Waals surface area contributed by atoms with E-state index in [-0.39, 0.29) is 23.2 Å². The van der Waals surface area contributed by atoms with Crippen LogP contribution in [0.4, 0.5) is 0 Å². The molecule has 2 atom stereocenters. The van der Waals surface area contributed by atoms with Crippen LogP contribution in [0, 0.1) is 5.92 Å². The zero-order valence-corrected chi connectivity index (χ0v) is 27.2. The monoisotopic (exact) mass is 649 g/mol. The molecular formula is C35H43N3O7S. The summed E-state index contributed by atoms with van der Waals surface area (Å²) in [6.07, 6.45) is 3.63. The maximum Gasteiger partial charge on any atom is 0.305 e. The van der Waals surface area contributed by atoms with E-state index in [2.05, 4.69) is 32.2 Å². The molecule has 11 heteroatoms. The Bertz CT molecular complexity index is 1560. The zero-order valence-electron chi connectivity index (χ0n) is 26.4. The largest absolute Gasteiger partial charge is 0.469 e. The summed E-state index contributed by atoms with van der Waals surface area (Å²) in [5.74, 6) is 0.712. The summed E-state index contributed by atoms with van der Waals surface area (Å²) >= 11 is 0. The molecule has 2 aliphatic heterocycles. The van der Waals surface area contributed by atoms with Gasteiger partial charge in [0.25, 0.3) is 0 Å². The topological polar surface area (TPSA) is 132 Å². The summed E-state index contributed by atoms with van der Waals surface area (Å²) in [6.45, 7) is 1.91. The van der Waals surface area contributed by atoms with Gasteiger partial charge in [-0.15, -0.1) is 0 Å². The third kappa shape index (κ3) is 7.78. The van der Waals surface area contributed by atoms with Crippen LogP contribution in [0.3, 0.4) is 0 Å². The fraction of sp³-hybridized carbons (Fsp3) is 0.429. The zero-order chi connectivity index (χ0) is 32.6. The first kappa shape index (κ1) is 33.6. The Hall–Kier alpha value is -3.77. The van der Waals surface area contributed by atoms with Crippen molar-refractivity contribution in [3.8, 4) is 11.5 Å². The molecule has 0 aliphatic carbocycles. The molecule has 0 saturated carbocycles. The number of hydrogen-bond acceptors (Lipinski definition) is 8. The minimum atomic E-state index is -3.82. The number of carbonyl (C=O) groups excluding carboxylic acids is 2. The van der Waals surface area contributed by atoms with Crippen molar-refractivity contribution in [1.29, 1.82) is 0 Å². The molecule has 0 unspecified atom stereocenters. The molecule has 0 bridgehead atoms. The SMILES string of the molecule is COCCCCC1(CNC(=O)[C@@H]2CNC[C@H](NS(=O)(=O)c3ccc(CCC(=O)OC)cc3)C2)c2ccccc2Oc2ccccc21. The number of nitrogens with one attached hydrogen (secondary N) is 3. The Morgan fingerprint density at radius 2 is 1.61 bits per heavy atom. The predicted molar refractivity (Wildman–Crippen MR) is 174 cm³/mol. The molecule has 3 aromatic rings. The van der Waals surface area contributed by atoms with Crippen molar-refractivity contribution in [1.82, 2.24) is 15.4 Å². The highest BCUT2D eigenvalue weighted by Crippen LogP contribution is 2.50. The lowest BCUT2D eigenvalue weighted by Crippen LogP contribution is -2.53. The standard InChI is InChI=1S/C35H43N3O7S/c1-43-20-8-7-19-35(29-9-3-5-11-31(29)45-32-12-6-4-10-30(32)35)24-37-34(40)26-21-27(23-36-22-26)38-46(41,42)28-16-13-25(14-17-28)15-18-33(39)44-2/h3-6,9-14,16-17,26-27,36,38H,7-8,15,18-24H2,1-2H3,(H,37,40)/t26-,27+/m0/s1. The van der Waals surface area contributed by atoms with Crippen molar-refractivity contribution in [3.05, 3.63) is 89.5 Å². The molecule has 2 heterocycles. The number of fused-ring (bicyclic) bond motifs is 2. The number of benzene rings is 3. The van der Waals surface area contributed by atoms with Gasteiger partial charge in [0.2, 0.25) is 15.9 Å². The van der Waals surface area contributed by atoms with Crippen LogP contribution in [-0.4, -0.2) is 66.8 Å². The van der Waals surface area contributed by atoms with E-state index in [1.807, 2.05) is 36.4 Å². The number of para-hydroxylation sites is 2. The number of sulfonamides is 1. The number of aryl methyl sites for hydroxylation is 1. The van der Waals surface area contributed by atoms with Gasteiger partial charge in [-0.1, -0.05) is 48.5 Å². The predicted octanol–water partition coefficient (Wildman–Crippen LogP) is 4.07. The summed E-state index contributed by atoms with van der Waals surface area (Å²) in [4.78, 5) is 25.3. The van der Waals surface area contributed by atoms with Crippen molar-refractivity contribution in [2.45, 2.75) is 54.9 Å². The van der Waals surface area contributed by atoms with Crippen molar-refractivity contribution >= 4 is 21.9 Å². The Morgan fingerprint density at radius 3 is 2.26 bits per heavy atom. The molecule has 10 nitrogen and oxygen atoms in total. The first-order valence-corrected chi connectivity index (χ1v) is 17.3. The van der Waals surface area contributed by atoms with Gasteiger partial charge in [-0.25, -0.2) is 13.1 Å². The van der Waals surface area contributed by atoms with E-state index in [1.54, 1.807) is 19.2 Å². The molecule has 0 radical (unpaired) electrons. The van der Waals surface area contributed by atoms with Crippen LogP contribution >= 0.6 is 0 Å². The normalized spacial score (nSPS) is 18.5. The Kier molecular flexibility index (Phi) is 11.1. The number of piperidine rings is 1. The van der Waals surface area contributed by atoms with Crippen molar-refractivity contribution in [2.24, 2.45) is 5.92 Å². The fourth-order valence-corrected chi connectivity index (χ4v) is 7.72. The van der Waals surface area contributed by atoms with E-state index in [0.717, 1.165) is 47.5 Å². The highest BCUT2D eigenvalue weighted by Gasteiger charge is 2.42. The van der Waals surface area contributed by atoms with Gasteiger partial charge in [0.05, 0.1) is 17.9 Å². The lowest BCUT2D eigenvalue weighted by molar-refractivity contribution is -0.140. The van der Waals surface area contributed by atoms with E-state index in [4.69, 9.17) is 9.47 Å². The molecule has 3 aromatic carbocycles. The van der Waals surface area contributed by atoms with Gasteiger partial charge in [0.1, 0.15) is 11.5 Å². The van der Waals surface area contributed by atoms with Gasteiger partial charge in [-0.05, 0) is 61.9 Å². The number of carbonyl (C=O) groups is 2. The van der Waals surface area contributed by atoms with Crippen LogP contribution in [0.15, 0.2) is 77.7 Å². The Morgan fingerprint density at radius 1 is 0.935 bits per heavy atom. The van der Waals surface area contributed by atoms with Gasteiger partial charge in [-0.2, -0.15) is 0 Å². The van der Waals surface area contributed by atoms with Crippen LogP contribution in [0.5, 0.6) is 11.5 Å². The van der Waals surface area contributed by atoms with Crippen LogP contribution in [0.1, 0.15) is 48.8 Å². The summed E-state index contributed by atoms with van der Waals surface area (Å²) < 4.78 is 45.5. The number of rotatable bonds is 14. The molecule has 1 saturated heterocycles. The lowest BCUT2D eigenvalue weighted by Gasteiger charge is -2.41. The third-order valence-corrected chi connectivity index (χ3v) is 10.5. The maximum absolute atomic E-state index is 13.7. The number of amides is 1. The van der Waals surface area contributed by atoms with Crippen molar-refractivity contribution < 1.29 is 32.2 Å². The summed E-state index contributed by atoms with van der Waals surface area (Å²) in [5.41, 5.74) is 2.41. The highest BCUT2D eigenvalue weighted by atomic mass is 32.2. The number of ether oxygens (including phenoxy) is 3. The van der Waals surface area contributed by atoms with Gasteiger partial charge in [0, 0.05) is 62.4 Å². The molecule has 3 N–H and O–H groups in total. The van der Waals surface area contributed by atoms with E-state index < -0.39 is 27.4 Å². The second kappa shape index (κ2) is 15.2. The molecule has 46 heavy (non-hydrogen) atoms. The molecule has 2 aliphatic rings. The van der Waals surface area contributed by atoms with Crippen molar-refractivity contribution in [3.63, 3.8) is 0 Å². The van der Waals surface area contributed by atoms with Gasteiger partial charge < -0.3 is 24.8 Å². The van der Waals surface area contributed by atoms with Crippen LogP contribution < -0.4 is 20.1 Å². The first-order valence-electron chi connectivity index (χ1n) is 15.8. The van der Waals surface area contributed by atoms with Crippen molar-refractivity contribution in [2.75, 3.05) is 40.5 Å². The summed E-state index contributed by atoms with van der Waals surface area (Å²) in [6, 6.07) is 22.0. The van der Waals surface area contributed by atoms with Gasteiger partial charge in [-0.3, -0.25) is 9.59 Å². The molecular weight excluding hydrogens is 606 g/mol. The van der Waals surface area contributed by atoms with Gasteiger partial charge >= 0.3 is 5.97 Å². The van der Waals surface area contributed by atoms with Crippen LogP contribution in [0.2, 0.25) is 0 Å². The number of hydrogen-bond donors (Lipinski definition) is 3. The highest BCUT2D eigenvalue weighted by molar-refractivity contribution is 7.89. The number of unbranched alkanes of at least 4 members (excludes halogenated alkanes) is 1. The first-order chi connectivity index (χ1) is 22.3. The lowest BCUT2D eigenvalue weighted by atomic mass is 9.69. The second-order valence-electron chi connectivity index (χ2n) is 12.0. The molecule has 0 aromatic heterocycles. The van der Waals surface area contributed by atoms with E-state index >= 15 is 0 Å². The Labute approximate surface area is 271 Å². The summed E-state index contributed by atoms with van der Waals surface area (Å²) in [5, 5.41) is 6.50. The maximum atomic E-state index is 13.7. The number of methoxy groups -OCH3 is 2. The average molecular weight is 650 g/mol. The fourth-order valence-electron chi connectivity index (χ4n) is 6.47.